The third-order valence-corrected chi connectivity index (χ3v) is 7.06. The van der Waals surface area contributed by atoms with Gasteiger partial charge >= 0.3 is 0 Å². The van der Waals surface area contributed by atoms with Gasteiger partial charge in [0.15, 0.2) is 0 Å². The predicted octanol–water partition coefficient (Wildman–Crippen LogP) is 4.28. The van der Waals surface area contributed by atoms with Gasteiger partial charge in [0.05, 0.1) is 23.4 Å². The number of carbonyl (C=O) groups excluding carboxylic acids is 2. The first-order valence-corrected chi connectivity index (χ1v) is 13.7. The fourth-order valence-electron chi connectivity index (χ4n) is 4.82. The number of carbonyl (C=O) groups is 2. The molecule has 1 aliphatic rings. The zero-order valence-corrected chi connectivity index (χ0v) is 23.1. The molecule has 0 spiro atoms. The third kappa shape index (κ3) is 7.32. The Hall–Kier alpha value is -3.53. The third-order valence-electron chi connectivity index (χ3n) is 7.06. The van der Waals surface area contributed by atoms with Crippen molar-refractivity contribution in [3.63, 3.8) is 0 Å². The molecule has 3 aromatic heterocycles. The van der Waals surface area contributed by atoms with Crippen LogP contribution in [0.5, 0.6) is 0 Å². The Bertz CT molecular complexity index is 1310. The molecule has 39 heavy (non-hydrogen) atoms. The van der Waals surface area contributed by atoms with Crippen LogP contribution in [-0.4, -0.2) is 55.8 Å². The molecule has 1 saturated carbocycles. The van der Waals surface area contributed by atoms with Gasteiger partial charge in [-0.25, -0.2) is 14.4 Å². The highest BCUT2D eigenvalue weighted by Crippen LogP contribution is 2.27. The number of amides is 2. The summed E-state index contributed by atoms with van der Waals surface area (Å²) in [4.78, 5) is 34.3. The second-order valence-electron chi connectivity index (χ2n) is 11.3. The van der Waals surface area contributed by atoms with Crippen LogP contribution in [-0.2, 0) is 11.3 Å². The summed E-state index contributed by atoms with van der Waals surface area (Å²) in [5.41, 5.74) is 0.878. The maximum absolute atomic E-state index is 14.2. The fourth-order valence-corrected chi connectivity index (χ4v) is 4.82. The number of pyridine rings is 2. The summed E-state index contributed by atoms with van der Waals surface area (Å²) in [6, 6.07) is 5.72. The molecule has 0 aromatic carbocycles. The minimum atomic E-state index is -1.61. The van der Waals surface area contributed by atoms with Crippen LogP contribution in [0.15, 0.2) is 36.8 Å². The second-order valence-corrected chi connectivity index (χ2v) is 11.3. The van der Waals surface area contributed by atoms with Crippen LogP contribution in [0.4, 0.5) is 10.1 Å². The van der Waals surface area contributed by atoms with E-state index in [0.29, 0.717) is 36.0 Å². The van der Waals surface area contributed by atoms with Crippen LogP contribution in [0, 0.1) is 5.92 Å². The van der Waals surface area contributed by atoms with Gasteiger partial charge in [-0.3, -0.25) is 14.2 Å². The van der Waals surface area contributed by atoms with Crippen LogP contribution < -0.4 is 16.0 Å². The van der Waals surface area contributed by atoms with Crippen molar-refractivity contribution in [2.24, 2.45) is 5.92 Å². The molecule has 1 aliphatic carbocycles. The number of hydrogen-bond donors (Lipinski definition) is 4. The van der Waals surface area contributed by atoms with Crippen LogP contribution in [0.1, 0.15) is 75.7 Å². The standard InChI is InChI=1S/C29H39FN6O3/c1-18(2)35-23-13-25(31-16-22(23)28(38)34-17-24(30)29(3,4)39)36-10-9-21-11-20(15-33-27(21)36)14-32-26(37)12-19-7-5-6-8-19/h9-11,13,15-16,18-19,24,39H,5-8,12,14,17H2,1-4H3,(H,31,35)(H,32,37)(H,34,38)/t24-/m1/s1. The van der Waals surface area contributed by atoms with Crippen molar-refractivity contribution in [2.45, 2.75) is 84.2 Å². The number of nitrogens with zero attached hydrogens (tertiary/aromatic N) is 3. The largest absolute Gasteiger partial charge is 0.387 e. The fraction of sp³-hybridized carbons (Fsp3) is 0.517. The Morgan fingerprint density at radius 3 is 2.59 bits per heavy atom. The number of aliphatic hydroxyl groups is 1. The normalized spacial score (nSPS) is 15.1. The lowest BCUT2D eigenvalue weighted by Crippen LogP contribution is -2.42. The van der Waals surface area contributed by atoms with Crippen LogP contribution in [0.3, 0.4) is 0 Å². The van der Waals surface area contributed by atoms with Crippen LogP contribution >= 0.6 is 0 Å². The van der Waals surface area contributed by atoms with E-state index < -0.39 is 17.7 Å². The van der Waals surface area contributed by atoms with Gasteiger partial charge in [-0.2, -0.15) is 0 Å². The number of fused-ring (bicyclic) bond motifs is 1. The first kappa shape index (κ1) is 28.5. The lowest BCUT2D eigenvalue weighted by molar-refractivity contribution is -0.122. The van der Waals surface area contributed by atoms with Crippen molar-refractivity contribution in [1.82, 2.24) is 25.2 Å². The Labute approximate surface area is 228 Å². The van der Waals surface area contributed by atoms with E-state index in [0.717, 1.165) is 23.8 Å². The topological polar surface area (TPSA) is 121 Å². The molecule has 2 amide bonds. The van der Waals surface area contributed by atoms with Crippen molar-refractivity contribution < 1.29 is 19.1 Å². The van der Waals surface area contributed by atoms with Crippen molar-refractivity contribution in [2.75, 3.05) is 11.9 Å². The second kappa shape index (κ2) is 12.1. The monoisotopic (exact) mass is 538 g/mol. The molecular weight excluding hydrogens is 499 g/mol. The molecule has 4 rings (SSSR count). The van der Waals surface area contributed by atoms with E-state index >= 15 is 0 Å². The summed E-state index contributed by atoms with van der Waals surface area (Å²) in [7, 11) is 0. The van der Waals surface area contributed by atoms with Crippen molar-refractivity contribution in [3.05, 3.63) is 47.9 Å². The number of anilines is 1. The summed E-state index contributed by atoms with van der Waals surface area (Å²) in [5.74, 6) is 0.669. The lowest BCUT2D eigenvalue weighted by Gasteiger charge is -2.23. The lowest BCUT2D eigenvalue weighted by atomic mass is 10.0. The number of rotatable bonds is 11. The number of halogens is 1. The van der Waals surface area contributed by atoms with E-state index in [9.17, 15) is 19.1 Å². The van der Waals surface area contributed by atoms with Crippen LogP contribution in [0.25, 0.3) is 16.9 Å². The molecule has 1 atom stereocenters. The van der Waals surface area contributed by atoms with Gasteiger partial charge < -0.3 is 21.1 Å². The molecule has 10 heteroatoms. The van der Waals surface area contributed by atoms with Gasteiger partial charge in [0, 0.05) is 49.1 Å². The first-order valence-electron chi connectivity index (χ1n) is 13.7. The van der Waals surface area contributed by atoms with E-state index in [2.05, 4.69) is 25.9 Å². The zero-order chi connectivity index (χ0) is 28.2. The average Bonchev–Trinajstić information content (AvgIpc) is 3.54. The Kier molecular flexibility index (Phi) is 8.84. The van der Waals surface area contributed by atoms with Gasteiger partial charge in [-0.15, -0.1) is 0 Å². The Morgan fingerprint density at radius 2 is 1.90 bits per heavy atom. The minimum absolute atomic E-state index is 0.0306. The molecule has 1 fully saturated rings. The predicted molar refractivity (Wildman–Crippen MR) is 150 cm³/mol. The maximum Gasteiger partial charge on any atom is 0.255 e. The number of nitrogens with one attached hydrogen (secondary N) is 3. The summed E-state index contributed by atoms with van der Waals surface area (Å²) >= 11 is 0. The Morgan fingerprint density at radius 1 is 1.15 bits per heavy atom. The highest BCUT2D eigenvalue weighted by atomic mass is 19.1. The minimum Gasteiger partial charge on any atom is -0.387 e. The van der Waals surface area contributed by atoms with Crippen molar-refractivity contribution in [1.29, 1.82) is 0 Å². The molecule has 0 saturated heterocycles. The molecule has 210 valence electrons. The summed E-state index contributed by atoms with van der Waals surface area (Å²) in [6.45, 7) is 6.73. The molecular formula is C29H39FN6O3. The summed E-state index contributed by atoms with van der Waals surface area (Å²) in [5, 5.41) is 19.5. The SMILES string of the molecule is CC(C)Nc1cc(-n2ccc3cc(CNC(=O)CC4CCCC4)cnc32)ncc1C(=O)NC[C@@H](F)C(C)(C)O. The molecule has 0 aliphatic heterocycles. The number of alkyl halides is 1. The molecule has 0 unspecified atom stereocenters. The van der Waals surface area contributed by atoms with E-state index in [1.54, 1.807) is 12.3 Å². The Balaban J connectivity index is 1.49. The molecule has 3 heterocycles. The summed E-state index contributed by atoms with van der Waals surface area (Å²) in [6.07, 6.45) is 8.76. The van der Waals surface area contributed by atoms with Crippen molar-refractivity contribution >= 4 is 28.5 Å². The molecule has 4 N–H and O–H groups in total. The molecule has 9 nitrogen and oxygen atoms in total. The smallest absolute Gasteiger partial charge is 0.255 e. The zero-order valence-electron chi connectivity index (χ0n) is 23.1. The molecule has 0 radical (unpaired) electrons. The maximum atomic E-state index is 14.2. The first-order chi connectivity index (χ1) is 18.5. The molecule has 3 aromatic rings. The highest BCUT2D eigenvalue weighted by Gasteiger charge is 2.27. The number of aromatic nitrogens is 3. The van der Waals surface area contributed by atoms with Gasteiger partial charge in [0.2, 0.25) is 5.91 Å². The average molecular weight is 539 g/mol. The van der Waals surface area contributed by atoms with E-state index in [4.69, 9.17) is 0 Å². The molecule has 0 bridgehead atoms. The quantitative estimate of drug-likeness (QED) is 0.289. The van der Waals surface area contributed by atoms with Gasteiger partial charge in [0.25, 0.3) is 5.91 Å². The summed E-state index contributed by atoms with van der Waals surface area (Å²) < 4.78 is 16.0. The number of hydrogen-bond acceptors (Lipinski definition) is 6. The van der Waals surface area contributed by atoms with Crippen molar-refractivity contribution in [3.8, 4) is 5.82 Å². The van der Waals surface area contributed by atoms with E-state index in [1.807, 2.05) is 36.7 Å². The van der Waals surface area contributed by atoms with E-state index in [1.165, 1.54) is 32.9 Å². The van der Waals surface area contributed by atoms with Gasteiger partial charge in [-0.05, 0) is 64.2 Å². The van der Waals surface area contributed by atoms with E-state index in [-0.39, 0.29) is 24.1 Å². The highest BCUT2D eigenvalue weighted by molar-refractivity contribution is 5.99. The van der Waals surface area contributed by atoms with Crippen LogP contribution in [0.2, 0.25) is 0 Å². The van der Waals surface area contributed by atoms with Gasteiger partial charge in [0.1, 0.15) is 17.6 Å². The van der Waals surface area contributed by atoms with Gasteiger partial charge in [-0.1, -0.05) is 12.8 Å².